The number of carbonyl (C=O) groups is 2. The minimum Gasteiger partial charge on any atom is -0.472 e. The Morgan fingerprint density at radius 1 is 0.736 bits per heavy atom. The number of rotatable bonds is 8. The molecule has 2 aliphatic rings. The van der Waals surface area contributed by atoms with E-state index >= 15 is 0 Å². The number of nitrogens with zero attached hydrogens (tertiary/aromatic N) is 7. The highest BCUT2D eigenvalue weighted by Gasteiger charge is 2.30. The summed E-state index contributed by atoms with van der Waals surface area (Å²) in [6, 6.07) is 34.9. The lowest BCUT2D eigenvalue weighted by molar-refractivity contribution is 0.0596. The summed E-state index contributed by atoms with van der Waals surface area (Å²) in [6.07, 6.45) is 0. The number of fused-ring (bicyclic) bond motifs is 2. The highest BCUT2D eigenvalue weighted by atomic mass is 35.5. The predicted octanol–water partition coefficient (Wildman–Crippen LogP) is 6.93. The average molecular weight is 732 g/mol. The molecule has 0 saturated heterocycles. The van der Waals surface area contributed by atoms with Crippen molar-refractivity contribution in [1.29, 1.82) is 0 Å². The molecular weight excluding hydrogens is 690 g/mol. The molecule has 0 N–H and O–H groups in total. The van der Waals surface area contributed by atoms with E-state index in [9.17, 15) is 9.59 Å². The summed E-state index contributed by atoms with van der Waals surface area (Å²) >= 11 is 6.16. The number of benzene rings is 3. The first kappa shape index (κ1) is 35.6. The van der Waals surface area contributed by atoms with Gasteiger partial charge in [-0.15, -0.1) is 10.2 Å². The highest BCUT2D eigenvalue weighted by molar-refractivity contribution is 6.33. The lowest BCUT2D eigenvalue weighted by Crippen LogP contribution is -2.45. The van der Waals surface area contributed by atoms with Crippen molar-refractivity contribution in [2.75, 3.05) is 6.54 Å². The summed E-state index contributed by atoms with van der Waals surface area (Å²) in [5, 5.41) is 9.51. The fourth-order valence-electron chi connectivity index (χ4n) is 6.46. The SMILES string of the molecule is Cc1ccc(C(=O)N2Cc3cc(OCc4ccccc4)nn3C[C@@H]2C)n1C.O=C(c1ccccc1Cl)N1CCn2nc(OCc3ccccc3)cc2C1. The van der Waals surface area contributed by atoms with Crippen LogP contribution in [0.5, 0.6) is 11.8 Å². The van der Waals surface area contributed by atoms with E-state index in [4.69, 9.17) is 21.1 Å². The first-order chi connectivity index (χ1) is 25.7. The summed E-state index contributed by atoms with van der Waals surface area (Å²) in [4.78, 5) is 29.4. The van der Waals surface area contributed by atoms with Crippen molar-refractivity contribution in [2.45, 2.75) is 59.3 Å². The van der Waals surface area contributed by atoms with Crippen LogP contribution < -0.4 is 9.47 Å². The molecule has 53 heavy (non-hydrogen) atoms. The second-order valence-electron chi connectivity index (χ2n) is 13.3. The van der Waals surface area contributed by atoms with E-state index in [-0.39, 0.29) is 17.9 Å². The van der Waals surface area contributed by atoms with Gasteiger partial charge in [0.25, 0.3) is 11.8 Å². The van der Waals surface area contributed by atoms with Crippen molar-refractivity contribution in [1.82, 2.24) is 33.9 Å². The Balaban J connectivity index is 0.000000164. The summed E-state index contributed by atoms with van der Waals surface area (Å²) in [6.45, 7) is 7.94. The molecule has 2 amide bonds. The van der Waals surface area contributed by atoms with Gasteiger partial charge in [0, 0.05) is 37.5 Å². The van der Waals surface area contributed by atoms with Crippen LogP contribution in [0.4, 0.5) is 0 Å². The predicted molar refractivity (Wildman–Crippen MR) is 202 cm³/mol. The molecule has 5 heterocycles. The normalized spacial score (nSPS) is 14.8. The number of amides is 2. The van der Waals surface area contributed by atoms with Crippen LogP contribution in [0.1, 0.15) is 56.0 Å². The molecule has 6 aromatic rings. The van der Waals surface area contributed by atoms with Crippen LogP contribution in [0.3, 0.4) is 0 Å². The molecule has 272 valence electrons. The van der Waals surface area contributed by atoms with Gasteiger partial charge >= 0.3 is 0 Å². The lowest BCUT2D eigenvalue weighted by atomic mass is 10.2. The van der Waals surface area contributed by atoms with Gasteiger partial charge in [-0.2, -0.15) is 0 Å². The van der Waals surface area contributed by atoms with E-state index in [1.54, 1.807) is 17.0 Å². The van der Waals surface area contributed by atoms with Gasteiger partial charge < -0.3 is 23.8 Å². The van der Waals surface area contributed by atoms with Gasteiger partial charge in [0.05, 0.1) is 48.2 Å². The maximum atomic E-state index is 13.0. The second-order valence-corrected chi connectivity index (χ2v) is 13.7. The first-order valence-electron chi connectivity index (χ1n) is 17.7. The minimum absolute atomic E-state index is 0.0531. The maximum absolute atomic E-state index is 13.0. The summed E-state index contributed by atoms with van der Waals surface area (Å²) in [5.74, 6) is 1.17. The Hall–Kier alpha value is -5.81. The van der Waals surface area contributed by atoms with Gasteiger partial charge in [0.15, 0.2) is 0 Å². The summed E-state index contributed by atoms with van der Waals surface area (Å²) in [7, 11) is 1.93. The van der Waals surface area contributed by atoms with E-state index in [0.29, 0.717) is 74.0 Å². The van der Waals surface area contributed by atoms with Crippen LogP contribution in [0.25, 0.3) is 0 Å². The third-order valence-electron chi connectivity index (χ3n) is 9.62. The van der Waals surface area contributed by atoms with Crippen molar-refractivity contribution in [3.63, 3.8) is 0 Å². The number of aromatic nitrogens is 5. The van der Waals surface area contributed by atoms with Crippen LogP contribution in [0.15, 0.2) is 109 Å². The van der Waals surface area contributed by atoms with Crippen molar-refractivity contribution in [3.8, 4) is 11.8 Å². The van der Waals surface area contributed by atoms with Gasteiger partial charge in [-0.1, -0.05) is 84.4 Å². The summed E-state index contributed by atoms with van der Waals surface area (Å²) < 4.78 is 17.4. The number of aryl methyl sites for hydroxylation is 1. The molecule has 11 nitrogen and oxygen atoms in total. The van der Waals surface area contributed by atoms with Gasteiger partial charge in [0.2, 0.25) is 11.8 Å². The number of hydrogen-bond donors (Lipinski definition) is 0. The highest BCUT2D eigenvalue weighted by Crippen LogP contribution is 2.25. The van der Waals surface area contributed by atoms with E-state index in [0.717, 1.165) is 28.2 Å². The summed E-state index contributed by atoms with van der Waals surface area (Å²) in [5.41, 5.74) is 6.47. The Labute approximate surface area is 313 Å². The molecule has 1 atom stereocenters. The van der Waals surface area contributed by atoms with Crippen LogP contribution in [-0.2, 0) is 46.4 Å². The van der Waals surface area contributed by atoms with Crippen LogP contribution >= 0.6 is 11.6 Å². The molecular formula is C41H42ClN7O4. The topological polar surface area (TPSA) is 99.7 Å². The third-order valence-corrected chi connectivity index (χ3v) is 9.95. The average Bonchev–Trinajstić information content (AvgIpc) is 3.88. The smallest absolute Gasteiger partial charge is 0.271 e. The van der Waals surface area contributed by atoms with Crippen LogP contribution in [0.2, 0.25) is 5.02 Å². The Morgan fingerprint density at radius 3 is 1.92 bits per heavy atom. The third kappa shape index (κ3) is 8.15. The second kappa shape index (κ2) is 15.8. The zero-order chi connectivity index (χ0) is 36.9. The Kier molecular flexibility index (Phi) is 10.6. The molecule has 0 fully saturated rings. The molecule has 0 aliphatic carbocycles. The quantitative estimate of drug-likeness (QED) is 0.169. The fourth-order valence-corrected chi connectivity index (χ4v) is 6.68. The molecule has 3 aromatic heterocycles. The van der Waals surface area contributed by atoms with Gasteiger partial charge in [-0.25, -0.2) is 0 Å². The Morgan fingerprint density at radius 2 is 1.32 bits per heavy atom. The molecule has 12 heteroatoms. The first-order valence-corrected chi connectivity index (χ1v) is 18.1. The van der Waals surface area contributed by atoms with Crippen molar-refractivity contribution in [2.24, 2.45) is 7.05 Å². The fraction of sp³-hybridized carbons (Fsp3) is 0.268. The molecule has 0 saturated carbocycles. The number of carbonyl (C=O) groups excluding carboxylic acids is 2. The number of ether oxygens (including phenoxy) is 2. The van der Waals surface area contributed by atoms with Gasteiger partial charge in [-0.05, 0) is 49.2 Å². The standard InChI is InChI=1S/C21H24N4O2.C20H18ClN3O2/c1-15-9-10-19(23(15)3)21(26)24-13-18-11-20(22-25(18)12-16(24)2)27-14-17-7-5-4-6-8-17;21-18-9-5-4-8-17(18)20(25)23-10-11-24-16(13-23)12-19(22-24)26-14-15-6-2-1-3-7-15/h4-11,16H,12-14H2,1-3H3;1-9,12H,10-11,13-14H2/t16-;/m0./s1. The van der Waals surface area contributed by atoms with Gasteiger partial charge in [0.1, 0.15) is 18.9 Å². The molecule has 3 aromatic carbocycles. The number of halogens is 1. The van der Waals surface area contributed by atoms with E-state index in [2.05, 4.69) is 17.1 Å². The lowest BCUT2D eigenvalue weighted by Gasteiger charge is -2.33. The molecule has 2 aliphatic heterocycles. The van der Waals surface area contributed by atoms with Crippen molar-refractivity contribution >= 4 is 23.4 Å². The largest absolute Gasteiger partial charge is 0.472 e. The zero-order valence-corrected chi connectivity index (χ0v) is 30.8. The van der Waals surface area contributed by atoms with E-state index < -0.39 is 0 Å². The van der Waals surface area contributed by atoms with E-state index in [1.165, 1.54) is 0 Å². The molecule has 0 spiro atoms. The molecule has 0 bridgehead atoms. The van der Waals surface area contributed by atoms with Crippen LogP contribution in [0, 0.1) is 6.92 Å². The maximum Gasteiger partial charge on any atom is 0.271 e. The van der Waals surface area contributed by atoms with Crippen LogP contribution in [-0.4, -0.2) is 58.3 Å². The van der Waals surface area contributed by atoms with Gasteiger partial charge in [-0.3, -0.25) is 19.0 Å². The Bertz CT molecular complexity index is 2190. The van der Waals surface area contributed by atoms with Crippen molar-refractivity contribution < 1.29 is 19.1 Å². The number of hydrogen-bond acceptors (Lipinski definition) is 6. The van der Waals surface area contributed by atoms with E-state index in [1.807, 2.05) is 130 Å². The monoisotopic (exact) mass is 731 g/mol. The molecule has 0 radical (unpaired) electrons. The molecule has 0 unspecified atom stereocenters. The minimum atomic E-state index is -0.0604. The molecule has 8 rings (SSSR count). The van der Waals surface area contributed by atoms with Crippen molar-refractivity contribution in [3.05, 3.63) is 154 Å². The zero-order valence-electron chi connectivity index (χ0n) is 30.1.